The summed E-state index contributed by atoms with van der Waals surface area (Å²) in [5.41, 5.74) is 2.91. The highest BCUT2D eigenvalue weighted by Crippen LogP contribution is 2.22. The number of rotatable bonds is 5. The zero-order valence-electron chi connectivity index (χ0n) is 15.6. The SMILES string of the molecule is CC(NC(=O)N(C)Cc1nc2ccccc2s1)c1ccc(-n2cncn2)cc1. The van der Waals surface area contributed by atoms with Crippen LogP contribution >= 0.6 is 11.3 Å². The van der Waals surface area contributed by atoms with Crippen molar-refractivity contribution in [2.45, 2.75) is 19.5 Å². The van der Waals surface area contributed by atoms with E-state index >= 15 is 0 Å². The summed E-state index contributed by atoms with van der Waals surface area (Å²) in [6.07, 6.45) is 3.15. The van der Waals surface area contributed by atoms with Crippen molar-refractivity contribution in [2.24, 2.45) is 0 Å². The smallest absolute Gasteiger partial charge is 0.317 e. The van der Waals surface area contributed by atoms with Crippen molar-refractivity contribution in [1.82, 2.24) is 30.0 Å². The quantitative estimate of drug-likeness (QED) is 0.561. The lowest BCUT2D eigenvalue weighted by Gasteiger charge is -2.21. The van der Waals surface area contributed by atoms with Gasteiger partial charge >= 0.3 is 6.03 Å². The first kappa shape index (κ1) is 18.1. The first-order valence-corrected chi connectivity index (χ1v) is 9.73. The number of aromatic nitrogens is 4. The average molecular weight is 392 g/mol. The van der Waals surface area contributed by atoms with Gasteiger partial charge in [-0.3, -0.25) is 0 Å². The fourth-order valence-electron chi connectivity index (χ4n) is 2.90. The molecule has 2 aromatic heterocycles. The topological polar surface area (TPSA) is 75.9 Å². The molecule has 8 heteroatoms. The summed E-state index contributed by atoms with van der Waals surface area (Å²) in [6, 6.07) is 15.6. The minimum atomic E-state index is -0.132. The number of nitrogens with one attached hydrogen (secondary N) is 1. The van der Waals surface area contributed by atoms with Gasteiger partial charge in [-0.25, -0.2) is 19.4 Å². The van der Waals surface area contributed by atoms with E-state index in [1.54, 1.807) is 34.3 Å². The number of fused-ring (bicyclic) bond motifs is 1. The molecule has 0 fully saturated rings. The van der Waals surface area contributed by atoms with Gasteiger partial charge in [0.2, 0.25) is 0 Å². The van der Waals surface area contributed by atoms with E-state index in [-0.39, 0.29) is 12.1 Å². The minimum absolute atomic E-state index is 0.116. The Bertz CT molecular complexity index is 1040. The van der Waals surface area contributed by atoms with Crippen LogP contribution in [0.3, 0.4) is 0 Å². The van der Waals surface area contributed by atoms with Crippen molar-refractivity contribution in [3.05, 3.63) is 71.8 Å². The van der Waals surface area contributed by atoms with Crippen LogP contribution in [-0.2, 0) is 6.54 Å². The summed E-state index contributed by atoms with van der Waals surface area (Å²) in [5, 5.41) is 8.07. The van der Waals surface area contributed by atoms with E-state index in [0.29, 0.717) is 6.54 Å². The molecule has 2 aromatic carbocycles. The number of hydrogen-bond donors (Lipinski definition) is 1. The van der Waals surface area contributed by atoms with Crippen LogP contribution < -0.4 is 5.32 Å². The molecule has 142 valence electrons. The van der Waals surface area contributed by atoms with Gasteiger partial charge in [-0.1, -0.05) is 24.3 Å². The minimum Gasteiger partial charge on any atom is -0.331 e. The van der Waals surface area contributed by atoms with Crippen LogP contribution in [0.1, 0.15) is 23.5 Å². The predicted octanol–water partition coefficient (Wildman–Crippen LogP) is 3.78. The molecule has 7 nitrogen and oxygen atoms in total. The van der Waals surface area contributed by atoms with E-state index in [9.17, 15) is 4.79 Å². The number of urea groups is 1. The van der Waals surface area contributed by atoms with Crippen molar-refractivity contribution in [3.8, 4) is 5.69 Å². The molecule has 0 saturated carbocycles. The van der Waals surface area contributed by atoms with Crippen LogP contribution in [-0.4, -0.2) is 37.7 Å². The molecule has 4 rings (SSSR count). The lowest BCUT2D eigenvalue weighted by atomic mass is 10.1. The molecular weight excluding hydrogens is 372 g/mol. The van der Waals surface area contributed by atoms with E-state index in [1.807, 2.05) is 55.5 Å². The summed E-state index contributed by atoms with van der Waals surface area (Å²) in [6.45, 7) is 2.44. The zero-order chi connectivity index (χ0) is 19.5. The third-order valence-corrected chi connectivity index (χ3v) is 5.49. The number of thiazole rings is 1. The molecule has 2 heterocycles. The second-order valence-corrected chi connectivity index (χ2v) is 7.65. The number of amides is 2. The summed E-state index contributed by atoms with van der Waals surface area (Å²) in [7, 11) is 1.78. The van der Waals surface area contributed by atoms with Crippen LogP contribution in [0.25, 0.3) is 15.9 Å². The Morgan fingerprint density at radius 2 is 2.00 bits per heavy atom. The molecule has 0 aliphatic carbocycles. The van der Waals surface area contributed by atoms with E-state index < -0.39 is 0 Å². The molecule has 2 amide bonds. The van der Waals surface area contributed by atoms with Gasteiger partial charge in [0, 0.05) is 7.05 Å². The maximum absolute atomic E-state index is 12.6. The number of para-hydroxylation sites is 1. The second kappa shape index (κ2) is 7.77. The van der Waals surface area contributed by atoms with Gasteiger partial charge < -0.3 is 10.2 Å². The summed E-state index contributed by atoms with van der Waals surface area (Å²) >= 11 is 1.61. The Hall–Kier alpha value is -3.26. The van der Waals surface area contributed by atoms with Gasteiger partial charge in [0.1, 0.15) is 17.7 Å². The molecule has 0 aliphatic heterocycles. The fraction of sp³-hybridized carbons (Fsp3) is 0.200. The molecule has 0 bridgehead atoms. The maximum Gasteiger partial charge on any atom is 0.317 e. The van der Waals surface area contributed by atoms with Crippen molar-refractivity contribution in [1.29, 1.82) is 0 Å². The van der Waals surface area contributed by atoms with Crippen molar-refractivity contribution in [2.75, 3.05) is 7.05 Å². The molecule has 1 atom stereocenters. The van der Waals surface area contributed by atoms with Gasteiger partial charge in [0.15, 0.2) is 0 Å². The lowest BCUT2D eigenvalue weighted by Crippen LogP contribution is -2.38. The molecule has 0 radical (unpaired) electrons. The van der Waals surface area contributed by atoms with Gasteiger partial charge in [-0.2, -0.15) is 5.10 Å². The predicted molar refractivity (Wildman–Crippen MR) is 109 cm³/mol. The molecule has 1 unspecified atom stereocenters. The molecule has 0 saturated heterocycles. The van der Waals surface area contributed by atoms with Gasteiger partial charge in [0.25, 0.3) is 0 Å². The van der Waals surface area contributed by atoms with Crippen LogP contribution in [0.5, 0.6) is 0 Å². The first-order valence-electron chi connectivity index (χ1n) is 8.91. The molecule has 1 N–H and O–H groups in total. The second-order valence-electron chi connectivity index (χ2n) is 6.53. The fourth-order valence-corrected chi connectivity index (χ4v) is 3.92. The average Bonchev–Trinajstić information content (AvgIpc) is 3.37. The van der Waals surface area contributed by atoms with Crippen molar-refractivity contribution < 1.29 is 4.79 Å². The molecule has 4 aromatic rings. The van der Waals surface area contributed by atoms with Crippen LogP contribution in [0, 0.1) is 0 Å². The highest BCUT2D eigenvalue weighted by molar-refractivity contribution is 7.18. The number of benzene rings is 2. The van der Waals surface area contributed by atoms with Crippen LogP contribution in [0.15, 0.2) is 61.2 Å². The molecule has 28 heavy (non-hydrogen) atoms. The molecule has 0 spiro atoms. The van der Waals surface area contributed by atoms with Crippen LogP contribution in [0.4, 0.5) is 4.79 Å². The number of nitrogens with zero attached hydrogens (tertiary/aromatic N) is 5. The Labute approximate surface area is 166 Å². The highest BCUT2D eigenvalue weighted by atomic mass is 32.1. The largest absolute Gasteiger partial charge is 0.331 e. The Morgan fingerprint density at radius 3 is 2.71 bits per heavy atom. The molecule has 0 aliphatic rings. The standard InChI is InChI=1S/C20H20N6OS/c1-14(15-7-9-16(10-8-15)26-13-21-12-22-26)23-20(27)25(2)11-19-24-17-5-3-4-6-18(17)28-19/h3-10,12-14H,11H2,1-2H3,(H,23,27). The van der Waals surface area contributed by atoms with Gasteiger partial charge in [-0.15, -0.1) is 11.3 Å². The first-order chi connectivity index (χ1) is 13.6. The number of carbonyl (C=O) groups is 1. The van der Waals surface area contributed by atoms with E-state index in [1.165, 1.54) is 6.33 Å². The van der Waals surface area contributed by atoms with Crippen LogP contribution in [0.2, 0.25) is 0 Å². The van der Waals surface area contributed by atoms with Crippen molar-refractivity contribution in [3.63, 3.8) is 0 Å². The normalized spacial score (nSPS) is 12.1. The third kappa shape index (κ3) is 3.86. The number of hydrogen-bond acceptors (Lipinski definition) is 5. The van der Waals surface area contributed by atoms with E-state index in [4.69, 9.17) is 0 Å². The number of carbonyl (C=O) groups excluding carboxylic acids is 1. The lowest BCUT2D eigenvalue weighted by molar-refractivity contribution is 0.203. The summed E-state index contributed by atoms with van der Waals surface area (Å²) in [5.74, 6) is 0. The van der Waals surface area contributed by atoms with Gasteiger partial charge in [-0.05, 0) is 36.8 Å². The monoisotopic (exact) mass is 392 g/mol. The van der Waals surface area contributed by atoms with Crippen molar-refractivity contribution >= 4 is 27.6 Å². The van der Waals surface area contributed by atoms with Gasteiger partial charge in [0.05, 0.1) is 28.5 Å². The summed E-state index contributed by atoms with van der Waals surface area (Å²) < 4.78 is 2.82. The highest BCUT2D eigenvalue weighted by Gasteiger charge is 2.15. The zero-order valence-corrected chi connectivity index (χ0v) is 16.4. The maximum atomic E-state index is 12.6. The van der Waals surface area contributed by atoms with E-state index in [0.717, 1.165) is 26.5 Å². The molecular formula is C20H20N6OS. The Morgan fingerprint density at radius 1 is 1.21 bits per heavy atom. The van der Waals surface area contributed by atoms with E-state index in [2.05, 4.69) is 20.4 Å². The Kier molecular flexibility index (Phi) is 5.03. The third-order valence-electron chi connectivity index (χ3n) is 4.47. The summed E-state index contributed by atoms with van der Waals surface area (Å²) in [4.78, 5) is 22.8. The Balaban J connectivity index is 1.38.